The van der Waals surface area contributed by atoms with Crippen molar-refractivity contribution in [1.82, 2.24) is 49.0 Å². The van der Waals surface area contributed by atoms with E-state index in [4.69, 9.17) is 4.74 Å². The number of rotatable bonds is 50. The van der Waals surface area contributed by atoms with Crippen molar-refractivity contribution < 1.29 is 4.74 Å². The van der Waals surface area contributed by atoms with Gasteiger partial charge in [-0.25, -0.2) is 0 Å². The van der Waals surface area contributed by atoms with E-state index in [9.17, 15) is 0 Å². The summed E-state index contributed by atoms with van der Waals surface area (Å²) in [6, 6.07) is 1.33. The molecule has 18 radical (unpaired) electrons. The highest BCUT2D eigenvalue weighted by Gasteiger charge is 2.10. The molecule has 100 heavy (non-hydrogen) atoms. The highest BCUT2D eigenvalue weighted by molar-refractivity contribution is 5.76. The molecule has 11 nitrogen and oxygen atoms in total. The molecule has 17 heteroatoms. The minimum atomic E-state index is 0. The predicted octanol–water partition coefficient (Wildman–Crippen LogP) is 18.1. The van der Waals surface area contributed by atoms with Crippen LogP contribution in [0.2, 0.25) is 0 Å². The maximum Gasteiger partial charge on any atom is 0.0596 e. The molecule has 0 heterocycles. The van der Waals surface area contributed by atoms with Crippen molar-refractivity contribution in [2.24, 2.45) is 53.3 Å². The van der Waals surface area contributed by atoms with Gasteiger partial charge in [0.15, 0.2) is 0 Å². The molecule has 0 saturated heterocycles. The molecule has 0 rings (SSSR count). The molecular formula is C83H196B6N10O. The Hall–Kier alpha value is -0.0504. The number of unbranched alkanes of at least 4 members (excludes halogenated alkanes) is 2. The Morgan fingerprint density at radius 1 is 0.200 bits per heavy atom. The molecular weight excluding hydrogens is 1220 g/mol. The van der Waals surface area contributed by atoms with E-state index in [1.54, 1.807) is 0 Å². The third-order valence-electron chi connectivity index (χ3n) is 16.7. The predicted molar refractivity (Wildman–Crippen MR) is 476 cm³/mol. The fourth-order valence-electron chi connectivity index (χ4n) is 9.51. The number of hydrogen-bond acceptors (Lipinski definition) is 11. The average molecular weight is 1420 g/mol. The summed E-state index contributed by atoms with van der Waals surface area (Å²) in [5.41, 5.74) is 0. The molecule has 0 aromatic heterocycles. The standard InChI is InChI=1S/2C14H32N2.2C13H30N2.C13H29N.C12H27NO.4CH4.6B/c1-13(2)8-7-9-15(5)10-11-16(6)12-14(3)4;1-13(2)9-7-8-10-15(5)11-12-16(6)14(3)4;1-12(2)8-11-14(5)9-7-10-15(6)13(3)4;1-12(2)7-8-14(5)9-10-15(6)11-13(3)4;1-12(2)8-6-7-10-14(5)11-9-13(3)4;1-11(2)7-6-8-13(5)9-10-14-12(3)4;;;;;;;;;;/h2*13-14H,7-12H2,1-6H3;2*12-13H,7-11H2,1-6H3;12-13H,6-11H2,1-5H3;11-12H,6-10H2,1-5H3;4*1H4;;;;;;. The largest absolute Gasteiger partial charge is 0.377 e. The van der Waals surface area contributed by atoms with Crippen LogP contribution in [0.4, 0.5) is 0 Å². The van der Waals surface area contributed by atoms with Gasteiger partial charge in [0, 0.05) is 121 Å². The summed E-state index contributed by atoms with van der Waals surface area (Å²) < 4.78 is 5.50. The van der Waals surface area contributed by atoms with E-state index in [1.807, 2.05) is 0 Å². The van der Waals surface area contributed by atoms with Crippen LogP contribution in [0.3, 0.4) is 0 Å². The zero-order valence-corrected chi connectivity index (χ0v) is 72.6. The molecule has 0 N–H and O–H groups in total. The lowest BCUT2D eigenvalue weighted by Gasteiger charge is -2.24. The van der Waals surface area contributed by atoms with Crippen LogP contribution in [-0.2, 0) is 4.74 Å². The Labute approximate surface area is 652 Å². The number of ether oxygens (including phenoxy) is 1. The summed E-state index contributed by atoms with van der Waals surface area (Å²) >= 11 is 0. The minimum Gasteiger partial charge on any atom is -0.377 e. The quantitative estimate of drug-likeness (QED) is 0.0432. The molecule has 0 unspecified atom stereocenters. The molecule has 0 fully saturated rings. The van der Waals surface area contributed by atoms with Gasteiger partial charge in [-0.1, -0.05) is 180 Å². The van der Waals surface area contributed by atoms with Gasteiger partial charge < -0.3 is 53.7 Å². The first kappa shape index (κ1) is 139. The monoisotopic (exact) mass is 1420 g/mol. The number of hydrogen-bond donors (Lipinski definition) is 0. The molecule has 0 atom stereocenters. The summed E-state index contributed by atoms with van der Waals surface area (Å²) in [5.74, 6) is 7.44. The SMILES string of the molecule is C.C.C.C.CC(C)CCCCN(C)CCC(C)C.CC(C)CCCCN(C)CCN(C)C(C)C.CC(C)CCCN(C)CCN(C)CC(C)C.CC(C)CCCN(C)CCOC(C)C.CC(C)CCN(C)CCCN(C)C(C)C.CC(C)CCN(C)CCN(C)CC(C)C.[B].[B].[B].[B].[B].[B]. The molecule has 0 aliphatic heterocycles. The summed E-state index contributed by atoms with van der Waals surface area (Å²) in [5, 5.41) is 0. The molecule has 0 aromatic carbocycles. The second-order valence-electron chi connectivity index (χ2n) is 33.0. The summed E-state index contributed by atoms with van der Waals surface area (Å²) in [6.45, 7) is 77.0. The first-order valence-corrected chi connectivity index (χ1v) is 38.2. The van der Waals surface area contributed by atoms with Gasteiger partial charge in [0.1, 0.15) is 0 Å². The number of nitrogens with zero attached hydrogens (tertiary/aromatic N) is 10. The van der Waals surface area contributed by atoms with Gasteiger partial charge in [-0.3, -0.25) is 0 Å². The van der Waals surface area contributed by atoms with Crippen molar-refractivity contribution in [3.8, 4) is 0 Å². The van der Waals surface area contributed by atoms with Crippen molar-refractivity contribution in [3.05, 3.63) is 0 Å². The first-order valence-electron chi connectivity index (χ1n) is 38.2. The molecule has 0 spiro atoms. The zero-order chi connectivity index (χ0) is 70.7. The van der Waals surface area contributed by atoms with Gasteiger partial charge >= 0.3 is 0 Å². The Kier molecular flexibility index (Phi) is 132. The van der Waals surface area contributed by atoms with Gasteiger partial charge in [0.05, 0.1) is 12.7 Å². The Balaban J connectivity index is -0.0000000593. The molecule has 0 saturated carbocycles. The van der Waals surface area contributed by atoms with E-state index in [1.165, 1.54) is 201 Å². The Bertz CT molecular complexity index is 1380. The molecule has 0 aliphatic carbocycles. The van der Waals surface area contributed by atoms with Crippen LogP contribution in [0.15, 0.2) is 0 Å². The lowest BCUT2D eigenvalue weighted by Crippen LogP contribution is -2.35. The maximum absolute atomic E-state index is 5.50. The van der Waals surface area contributed by atoms with Crippen LogP contribution >= 0.6 is 0 Å². The normalized spacial score (nSPS) is 11.0. The van der Waals surface area contributed by atoms with E-state index >= 15 is 0 Å². The first-order chi connectivity index (χ1) is 41.7. The smallest absolute Gasteiger partial charge is 0.0596 e. The van der Waals surface area contributed by atoms with E-state index < -0.39 is 0 Å². The van der Waals surface area contributed by atoms with E-state index in [0.29, 0.717) is 18.2 Å². The van der Waals surface area contributed by atoms with Crippen LogP contribution in [0, 0.1) is 53.3 Å². The lowest BCUT2D eigenvalue weighted by atomic mass is 10.1. The van der Waals surface area contributed by atoms with E-state index in [2.05, 4.69) is 286 Å². The fraction of sp³-hybridized carbons (Fsp3) is 1.00. The summed E-state index contributed by atoms with van der Waals surface area (Å²) in [4.78, 5) is 24.3. The van der Waals surface area contributed by atoms with Gasteiger partial charge in [0.25, 0.3) is 0 Å². The topological polar surface area (TPSA) is 41.6 Å². The van der Waals surface area contributed by atoms with Crippen LogP contribution < -0.4 is 0 Å². The van der Waals surface area contributed by atoms with Gasteiger partial charge in [0.2, 0.25) is 0 Å². The average Bonchev–Trinajstić information content (AvgIpc) is 1.84. The molecule has 0 amide bonds. The minimum absolute atomic E-state index is 0. The Morgan fingerprint density at radius 2 is 0.420 bits per heavy atom. The highest BCUT2D eigenvalue weighted by atomic mass is 16.5. The van der Waals surface area contributed by atoms with Crippen LogP contribution in [0.1, 0.15) is 286 Å². The van der Waals surface area contributed by atoms with Crippen molar-refractivity contribution in [2.75, 3.05) is 195 Å². The van der Waals surface area contributed by atoms with Crippen LogP contribution in [-0.4, -0.2) is 313 Å². The maximum atomic E-state index is 5.50. The molecule has 0 bridgehead atoms. The van der Waals surface area contributed by atoms with E-state index in [0.717, 1.165) is 66.4 Å². The summed E-state index contributed by atoms with van der Waals surface area (Å²) in [6.07, 6.45) is 19.2. The molecule has 0 aliphatic rings. The van der Waals surface area contributed by atoms with Crippen molar-refractivity contribution in [3.63, 3.8) is 0 Å². The second kappa shape index (κ2) is 95.0. The Morgan fingerprint density at radius 3 is 0.690 bits per heavy atom. The molecule has 602 valence electrons. The third kappa shape index (κ3) is 131. The van der Waals surface area contributed by atoms with Crippen molar-refractivity contribution in [1.29, 1.82) is 0 Å². The van der Waals surface area contributed by atoms with Crippen LogP contribution in [0.5, 0.6) is 0 Å². The van der Waals surface area contributed by atoms with Crippen LogP contribution in [0.25, 0.3) is 0 Å². The fourth-order valence-corrected chi connectivity index (χ4v) is 9.51. The number of likely N-dealkylation sites (N-methyl/N-ethyl adjacent to an activating group) is 7. The van der Waals surface area contributed by atoms with Gasteiger partial charge in [-0.2, -0.15) is 0 Å². The zero-order valence-electron chi connectivity index (χ0n) is 72.6. The van der Waals surface area contributed by atoms with Gasteiger partial charge in [-0.15, -0.1) is 0 Å². The highest BCUT2D eigenvalue weighted by Crippen LogP contribution is 2.11. The van der Waals surface area contributed by atoms with Crippen molar-refractivity contribution in [2.45, 2.75) is 304 Å². The van der Waals surface area contributed by atoms with E-state index in [-0.39, 0.29) is 80.2 Å². The molecule has 0 aromatic rings. The summed E-state index contributed by atoms with van der Waals surface area (Å²) in [7, 11) is 22.2. The lowest BCUT2D eigenvalue weighted by molar-refractivity contribution is 0.0635. The van der Waals surface area contributed by atoms with Crippen molar-refractivity contribution >= 4 is 50.5 Å². The van der Waals surface area contributed by atoms with Gasteiger partial charge in [-0.05, 0) is 288 Å². The second-order valence-corrected chi connectivity index (χ2v) is 33.0. The third-order valence-corrected chi connectivity index (χ3v) is 16.7.